The molecule has 54 heavy (non-hydrogen) atoms. The van der Waals surface area contributed by atoms with Gasteiger partial charge in [0, 0.05) is 22.0 Å². The van der Waals surface area contributed by atoms with Gasteiger partial charge in [0.25, 0.3) is 0 Å². The van der Waals surface area contributed by atoms with Gasteiger partial charge in [-0.3, -0.25) is 4.57 Å². The molecule has 5 heteroatoms. The lowest BCUT2D eigenvalue weighted by Gasteiger charge is -2.30. The number of fused-ring (bicyclic) bond motifs is 1. The number of rotatable bonds is 7. The molecule has 0 radical (unpaired) electrons. The Morgan fingerprint density at radius 2 is 1.07 bits per heavy atom. The molecular weight excluding hydrogens is 746 g/mol. The van der Waals surface area contributed by atoms with Gasteiger partial charge in [-0.05, 0) is 120 Å². The van der Waals surface area contributed by atoms with E-state index in [1.54, 1.807) is 0 Å². The van der Waals surface area contributed by atoms with Crippen LogP contribution in [0.1, 0.15) is 130 Å². The number of halogens is 2. The fourth-order valence-electron chi connectivity index (χ4n) is 7.30. The van der Waals surface area contributed by atoms with Gasteiger partial charge < -0.3 is 4.90 Å². The maximum Gasteiger partial charge on any atom is 0.146 e. The van der Waals surface area contributed by atoms with E-state index in [2.05, 4.69) is 212 Å². The monoisotopic (exact) mass is 801 g/mol. The molecule has 0 aliphatic heterocycles. The molecule has 0 spiro atoms. The predicted molar refractivity (Wildman–Crippen MR) is 238 cm³/mol. The molecule has 1 aromatic heterocycles. The SMILES string of the molecule is CC(C)c1cccc(C(C)C)c1-c1nc2cc(C(C)(C)C)ccc2n1-c1cc(Cl)cc(N(c2ccc(C(C)(C)C)cc2)c2ccc(C(C)(C)C)cc2)c1Br. The van der Waals surface area contributed by atoms with Gasteiger partial charge in [0.15, 0.2) is 0 Å². The lowest BCUT2D eigenvalue weighted by molar-refractivity contribution is 0.590. The molecular formula is C49H57BrClN3. The Morgan fingerprint density at radius 3 is 1.52 bits per heavy atom. The van der Waals surface area contributed by atoms with Crippen LogP contribution in [0, 0.1) is 0 Å². The van der Waals surface area contributed by atoms with E-state index in [-0.39, 0.29) is 16.2 Å². The van der Waals surface area contributed by atoms with E-state index in [0.717, 1.165) is 44.1 Å². The first-order chi connectivity index (χ1) is 25.2. The molecule has 0 fully saturated rings. The third-order valence-corrected chi connectivity index (χ3v) is 11.6. The molecule has 0 aliphatic rings. The maximum absolute atomic E-state index is 7.24. The minimum absolute atomic E-state index is 0.0214. The zero-order valence-corrected chi connectivity index (χ0v) is 36.8. The first kappa shape index (κ1) is 39.8. The standard InChI is InChI=1S/C49H57BrClN3/c1-30(2)38-15-14-16-39(31(3)4)44(38)46-52-40-27-34(49(11,12)13)21-26-41(40)54(46)43-29-35(51)28-42(45(43)50)53(36-22-17-32(18-23-36)47(5,6)7)37-24-19-33(20-25-37)48(8,9)10/h14-31H,1-13H3. The van der Waals surface area contributed by atoms with Crippen molar-refractivity contribution in [1.29, 1.82) is 0 Å². The van der Waals surface area contributed by atoms with E-state index in [4.69, 9.17) is 16.6 Å². The molecule has 0 bridgehead atoms. The van der Waals surface area contributed by atoms with Crippen LogP contribution in [-0.2, 0) is 16.2 Å². The second kappa shape index (κ2) is 14.7. The number of hydrogen-bond donors (Lipinski definition) is 0. The molecule has 0 aliphatic carbocycles. The number of aromatic nitrogens is 2. The van der Waals surface area contributed by atoms with Crippen molar-refractivity contribution in [2.45, 2.75) is 118 Å². The van der Waals surface area contributed by atoms with E-state index < -0.39 is 0 Å². The minimum Gasteiger partial charge on any atom is -0.309 e. The predicted octanol–water partition coefficient (Wildman–Crippen LogP) is 15.7. The Bertz CT molecular complexity index is 2210. The van der Waals surface area contributed by atoms with E-state index in [1.807, 2.05) is 0 Å². The van der Waals surface area contributed by atoms with Gasteiger partial charge in [-0.25, -0.2) is 4.98 Å². The summed E-state index contributed by atoms with van der Waals surface area (Å²) in [5.74, 6) is 1.53. The summed E-state index contributed by atoms with van der Waals surface area (Å²) in [5.41, 5.74) is 13.6. The summed E-state index contributed by atoms with van der Waals surface area (Å²) in [7, 11) is 0. The van der Waals surface area contributed by atoms with Crippen molar-refractivity contribution in [2.75, 3.05) is 4.90 Å². The van der Waals surface area contributed by atoms with Crippen molar-refractivity contribution in [3.05, 3.63) is 134 Å². The number of nitrogens with zero attached hydrogens (tertiary/aromatic N) is 3. The van der Waals surface area contributed by atoms with Gasteiger partial charge >= 0.3 is 0 Å². The summed E-state index contributed by atoms with van der Waals surface area (Å²) in [4.78, 5) is 7.85. The van der Waals surface area contributed by atoms with Crippen LogP contribution in [0.4, 0.5) is 17.1 Å². The number of benzene rings is 5. The molecule has 6 rings (SSSR count). The first-order valence-electron chi connectivity index (χ1n) is 19.3. The largest absolute Gasteiger partial charge is 0.309 e. The minimum atomic E-state index is -0.0214. The fraction of sp³-hybridized carbons (Fsp3) is 0.367. The summed E-state index contributed by atoms with van der Waals surface area (Å²) in [5, 5.41) is 0.645. The number of hydrogen-bond acceptors (Lipinski definition) is 2. The van der Waals surface area contributed by atoms with Crippen LogP contribution in [-0.4, -0.2) is 9.55 Å². The molecule has 0 saturated carbocycles. The Labute approximate surface area is 337 Å². The van der Waals surface area contributed by atoms with Crippen LogP contribution < -0.4 is 4.90 Å². The summed E-state index contributed by atoms with van der Waals surface area (Å²) < 4.78 is 3.26. The topological polar surface area (TPSA) is 21.1 Å². The molecule has 3 nitrogen and oxygen atoms in total. The zero-order valence-electron chi connectivity index (χ0n) is 34.5. The van der Waals surface area contributed by atoms with Crippen LogP contribution >= 0.6 is 27.5 Å². The lowest BCUT2D eigenvalue weighted by Crippen LogP contribution is -2.15. The highest BCUT2D eigenvalue weighted by atomic mass is 79.9. The van der Waals surface area contributed by atoms with Crippen molar-refractivity contribution in [3.63, 3.8) is 0 Å². The number of imidazole rings is 1. The summed E-state index contributed by atoms with van der Waals surface area (Å²) in [6.45, 7) is 29.4. The smallest absolute Gasteiger partial charge is 0.146 e. The Balaban J connectivity index is 1.69. The van der Waals surface area contributed by atoms with Crippen LogP contribution in [0.5, 0.6) is 0 Å². The van der Waals surface area contributed by atoms with Crippen molar-refractivity contribution >= 4 is 55.6 Å². The third-order valence-electron chi connectivity index (χ3n) is 10.6. The van der Waals surface area contributed by atoms with Gasteiger partial charge in [0.2, 0.25) is 0 Å². The van der Waals surface area contributed by atoms with E-state index in [1.165, 1.54) is 33.4 Å². The summed E-state index contributed by atoms with van der Waals surface area (Å²) in [6, 6.07) is 35.5. The maximum atomic E-state index is 7.24. The molecule has 0 saturated heterocycles. The van der Waals surface area contributed by atoms with Crippen molar-refractivity contribution in [1.82, 2.24) is 9.55 Å². The van der Waals surface area contributed by atoms with Crippen LogP contribution in [0.15, 0.2) is 102 Å². The lowest BCUT2D eigenvalue weighted by atomic mass is 9.86. The average molecular weight is 803 g/mol. The van der Waals surface area contributed by atoms with E-state index in [0.29, 0.717) is 16.9 Å². The van der Waals surface area contributed by atoms with Gasteiger partial charge in [0.05, 0.1) is 26.9 Å². The van der Waals surface area contributed by atoms with Crippen LogP contribution in [0.25, 0.3) is 28.1 Å². The average Bonchev–Trinajstić information content (AvgIpc) is 3.47. The Morgan fingerprint density at radius 1 is 0.611 bits per heavy atom. The zero-order chi connectivity index (χ0) is 39.5. The van der Waals surface area contributed by atoms with Crippen molar-refractivity contribution in [2.24, 2.45) is 0 Å². The normalized spacial score (nSPS) is 12.7. The fourth-order valence-corrected chi connectivity index (χ4v) is 8.09. The highest BCUT2D eigenvalue weighted by Crippen LogP contribution is 2.47. The quantitative estimate of drug-likeness (QED) is 0.160. The molecule has 0 amide bonds. The molecule has 1 heterocycles. The van der Waals surface area contributed by atoms with Gasteiger partial charge in [0.1, 0.15) is 5.82 Å². The highest BCUT2D eigenvalue weighted by Gasteiger charge is 2.28. The van der Waals surface area contributed by atoms with E-state index >= 15 is 0 Å². The molecule has 0 N–H and O–H groups in total. The van der Waals surface area contributed by atoms with Gasteiger partial charge in [-0.15, -0.1) is 0 Å². The second-order valence-corrected chi connectivity index (χ2v) is 19.8. The van der Waals surface area contributed by atoms with Gasteiger partial charge in [-0.2, -0.15) is 0 Å². The summed E-state index contributed by atoms with van der Waals surface area (Å²) in [6.07, 6.45) is 0. The Hall–Kier alpha value is -3.86. The van der Waals surface area contributed by atoms with Gasteiger partial charge in [-0.1, -0.05) is 150 Å². The second-order valence-electron chi connectivity index (χ2n) is 18.5. The molecule has 5 aromatic carbocycles. The van der Waals surface area contributed by atoms with Crippen LogP contribution in [0.2, 0.25) is 5.02 Å². The van der Waals surface area contributed by atoms with Crippen LogP contribution in [0.3, 0.4) is 0 Å². The first-order valence-corrected chi connectivity index (χ1v) is 20.5. The Kier molecular flexibility index (Phi) is 10.8. The molecule has 6 aromatic rings. The highest BCUT2D eigenvalue weighted by molar-refractivity contribution is 9.10. The molecule has 0 unspecified atom stereocenters. The molecule has 0 atom stereocenters. The van der Waals surface area contributed by atoms with E-state index in [9.17, 15) is 0 Å². The van der Waals surface area contributed by atoms with Crippen molar-refractivity contribution in [3.8, 4) is 17.1 Å². The summed E-state index contributed by atoms with van der Waals surface area (Å²) >= 11 is 11.5. The third kappa shape index (κ3) is 7.80. The number of anilines is 3. The van der Waals surface area contributed by atoms with Crippen molar-refractivity contribution < 1.29 is 0 Å². The molecule has 282 valence electrons.